The number of para-hydroxylation sites is 1. The molecule has 1 heterocycles. The molecule has 0 spiro atoms. The average molecular weight is 246 g/mol. The Morgan fingerprint density at radius 3 is 2.94 bits per heavy atom. The highest BCUT2D eigenvalue weighted by atomic mass is 16.5. The molecule has 0 atom stereocenters. The van der Waals surface area contributed by atoms with Crippen molar-refractivity contribution in [1.29, 1.82) is 0 Å². The van der Waals surface area contributed by atoms with Crippen LogP contribution in [0.5, 0.6) is 0 Å². The molecule has 1 amide bonds. The summed E-state index contributed by atoms with van der Waals surface area (Å²) in [6.07, 6.45) is 1.23. The van der Waals surface area contributed by atoms with Crippen LogP contribution >= 0.6 is 0 Å². The lowest BCUT2D eigenvalue weighted by atomic mass is 10.1. The van der Waals surface area contributed by atoms with Crippen molar-refractivity contribution >= 4 is 11.6 Å². The van der Waals surface area contributed by atoms with Gasteiger partial charge < -0.3 is 15.2 Å². The molecule has 0 bridgehead atoms. The molecule has 2 N–H and O–H groups in total. The molecule has 0 saturated carbocycles. The number of benzene rings is 1. The van der Waals surface area contributed by atoms with Gasteiger partial charge in [0.05, 0.1) is 12.1 Å². The first kappa shape index (κ1) is 12.1. The molecule has 0 radical (unpaired) electrons. The molecular formula is C12H14N4O2. The SMILES string of the molecule is CCNc1ccccc1C(=O)NCc1ncon1. The van der Waals surface area contributed by atoms with Gasteiger partial charge in [-0.25, -0.2) is 0 Å². The summed E-state index contributed by atoms with van der Waals surface area (Å²) in [6.45, 7) is 2.99. The third-order valence-electron chi connectivity index (χ3n) is 2.35. The van der Waals surface area contributed by atoms with E-state index >= 15 is 0 Å². The van der Waals surface area contributed by atoms with Crippen molar-refractivity contribution in [3.63, 3.8) is 0 Å². The van der Waals surface area contributed by atoms with Gasteiger partial charge in [-0.1, -0.05) is 17.3 Å². The van der Waals surface area contributed by atoms with E-state index in [0.717, 1.165) is 12.2 Å². The number of rotatable bonds is 5. The third-order valence-corrected chi connectivity index (χ3v) is 2.35. The molecule has 6 heteroatoms. The van der Waals surface area contributed by atoms with Crippen LogP contribution in [-0.4, -0.2) is 22.6 Å². The molecule has 2 aromatic rings. The Morgan fingerprint density at radius 1 is 1.39 bits per heavy atom. The number of carbonyl (C=O) groups excluding carboxylic acids is 1. The van der Waals surface area contributed by atoms with Gasteiger partial charge in [-0.15, -0.1) is 0 Å². The fourth-order valence-corrected chi connectivity index (χ4v) is 1.55. The fraction of sp³-hybridized carbons (Fsp3) is 0.250. The Hall–Kier alpha value is -2.37. The maximum atomic E-state index is 12.0. The highest BCUT2D eigenvalue weighted by Gasteiger charge is 2.10. The minimum Gasteiger partial charge on any atom is -0.385 e. The van der Waals surface area contributed by atoms with Gasteiger partial charge in [-0.3, -0.25) is 4.79 Å². The largest absolute Gasteiger partial charge is 0.385 e. The third kappa shape index (κ3) is 2.85. The van der Waals surface area contributed by atoms with E-state index in [1.807, 2.05) is 25.1 Å². The topological polar surface area (TPSA) is 80.0 Å². The van der Waals surface area contributed by atoms with E-state index in [4.69, 9.17) is 0 Å². The van der Waals surface area contributed by atoms with Crippen molar-refractivity contribution in [3.8, 4) is 0 Å². The Labute approximate surface area is 104 Å². The molecule has 94 valence electrons. The summed E-state index contributed by atoms with van der Waals surface area (Å²) < 4.78 is 4.59. The van der Waals surface area contributed by atoms with Crippen molar-refractivity contribution < 1.29 is 9.32 Å². The van der Waals surface area contributed by atoms with Gasteiger partial charge in [-0.05, 0) is 19.1 Å². The summed E-state index contributed by atoms with van der Waals surface area (Å²) in [7, 11) is 0. The van der Waals surface area contributed by atoms with Gasteiger partial charge in [0, 0.05) is 12.2 Å². The van der Waals surface area contributed by atoms with E-state index in [-0.39, 0.29) is 12.5 Å². The number of amides is 1. The number of carbonyl (C=O) groups is 1. The number of nitrogens with one attached hydrogen (secondary N) is 2. The van der Waals surface area contributed by atoms with Crippen LogP contribution < -0.4 is 10.6 Å². The van der Waals surface area contributed by atoms with Gasteiger partial charge in [0.15, 0.2) is 5.82 Å². The van der Waals surface area contributed by atoms with Crippen molar-refractivity contribution in [2.45, 2.75) is 13.5 Å². The smallest absolute Gasteiger partial charge is 0.253 e. The van der Waals surface area contributed by atoms with E-state index in [2.05, 4.69) is 25.3 Å². The van der Waals surface area contributed by atoms with Gasteiger partial charge in [0.1, 0.15) is 0 Å². The summed E-state index contributed by atoms with van der Waals surface area (Å²) in [5.41, 5.74) is 1.41. The minimum absolute atomic E-state index is 0.170. The first-order valence-electron chi connectivity index (χ1n) is 5.67. The summed E-state index contributed by atoms with van der Waals surface area (Å²) in [4.78, 5) is 15.8. The second-order valence-electron chi connectivity index (χ2n) is 3.61. The van der Waals surface area contributed by atoms with Crippen LogP contribution in [0, 0.1) is 0 Å². The zero-order chi connectivity index (χ0) is 12.8. The molecule has 6 nitrogen and oxygen atoms in total. The summed E-state index contributed by atoms with van der Waals surface area (Å²) in [5, 5.41) is 9.50. The maximum Gasteiger partial charge on any atom is 0.253 e. The van der Waals surface area contributed by atoms with Gasteiger partial charge >= 0.3 is 0 Å². The molecule has 0 aliphatic carbocycles. The van der Waals surface area contributed by atoms with Crippen LogP contribution in [0.2, 0.25) is 0 Å². The van der Waals surface area contributed by atoms with Crippen LogP contribution in [0.25, 0.3) is 0 Å². The second-order valence-corrected chi connectivity index (χ2v) is 3.61. The lowest BCUT2D eigenvalue weighted by molar-refractivity contribution is 0.0950. The average Bonchev–Trinajstić information content (AvgIpc) is 2.90. The maximum absolute atomic E-state index is 12.0. The van der Waals surface area contributed by atoms with Crippen molar-refractivity contribution in [1.82, 2.24) is 15.5 Å². The predicted molar refractivity (Wildman–Crippen MR) is 66.1 cm³/mol. The van der Waals surface area contributed by atoms with Crippen LogP contribution in [-0.2, 0) is 6.54 Å². The van der Waals surface area contributed by atoms with E-state index in [1.54, 1.807) is 6.07 Å². The standard InChI is InChI=1S/C12H14N4O2/c1-2-13-10-6-4-3-5-9(10)12(17)14-7-11-15-8-18-16-11/h3-6,8,13H,2,7H2,1H3,(H,14,17). The lowest BCUT2D eigenvalue weighted by Gasteiger charge is -2.09. The van der Waals surface area contributed by atoms with Crippen LogP contribution in [0.3, 0.4) is 0 Å². The Bertz CT molecular complexity index is 511. The number of hydrogen-bond acceptors (Lipinski definition) is 5. The zero-order valence-corrected chi connectivity index (χ0v) is 10.0. The van der Waals surface area contributed by atoms with E-state index in [1.165, 1.54) is 6.39 Å². The molecule has 0 fully saturated rings. The van der Waals surface area contributed by atoms with Crippen molar-refractivity contribution in [2.24, 2.45) is 0 Å². The molecule has 0 aliphatic heterocycles. The minimum atomic E-state index is -0.170. The Balaban J connectivity index is 2.04. The van der Waals surface area contributed by atoms with Gasteiger partial charge in [-0.2, -0.15) is 4.98 Å². The molecule has 0 unspecified atom stereocenters. The molecule has 18 heavy (non-hydrogen) atoms. The van der Waals surface area contributed by atoms with Crippen molar-refractivity contribution in [3.05, 3.63) is 42.0 Å². The number of aromatic nitrogens is 2. The van der Waals surface area contributed by atoms with Crippen LogP contribution in [0.1, 0.15) is 23.1 Å². The summed E-state index contributed by atoms with van der Waals surface area (Å²) >= 11 is 0. The van der Waals surface area contributed by atoms with Crippen LogP contribution in [0.4, 0.5) is 5.69 Å². The quantitative estimate of drug-likeness (QED) is 0.834. The highest BCUT2D eigenvalue weighted by molar-refractivity contribution is 5.99. The molecule has 0 aliphatic rings. The first-order chi connectivity index (χ1) is 8.81. The normalized spacial score (nSPS) is 10.1. The monoisotopic (exact) mass is 246 g/mol. The van der Waals surface area contributed by atoms with Crippen molar-refractivity contribution in [2.75, 3.05) is 11.9 Å². The summed E-state index contributed by atoms with van der Waals surface area (Å²) in [5.74, 6) is 0.278. The summed E-state index contributed by atoms with van der Waals surface area (Å²) in [6, 6.07) is 7.34. The zero-order valence-electron chi connectivity index (χ0n) is 10.0. The van der Waals surface area contributed by atoms with E-state index < -0.39 is 0 Å². The lowest BCUT2D eigenvalue weighted by Crippen LogP contribution is -2.24. The number of hydrogen-bond donors (Lipinski definition) is 2. The Kier molecular flexibility index (Phi) is 3.90. The molecule has 2 rings (SSSR count). The molecule has 1 aromatic heterocycles. The first-order valence-corrected chi connectivity index (χ1v) is 5.67. The molecule has 1 aromatic carbocycles. The van der Waals surface area contributed by atoms with Crippen LogP contribution in [0.15, 0.2) is 35.2 Å². The highest BCUT2D eigenvalue weighted by Crippen LogP contribution is 2.14. The number of anilines is 1. The van der Waals surface area contributed by atoms with E-state index in [9.17, 15) is 4.79 Å². The molecular weight excluding hydrogens is 232 g/mol. The second kappa shape index (κ2) is 5.81. The number of nitrogens with zero attached hydrogens (tertiary/aromatic N) is 2. The molecule has 0 saturated heterocycles. The fourth-order valence-electron chi connectivity index (χ4n) is 1.55. The van der Waals surface area contributed by atoms with Gasteiger partial charge in [0.25, 0.3) is 5.91 Å². The predicted octanol–water partition coefficient (Wildman–Crippen LogP) is 1.43. The van der Waals surface area contributed by atoms with Gasteiger partial charge in [0.2, 0.25) is 6.39 Å². The van der Waals surface area contributed by atoms with E-state index in [0.29, 0.717) is 11.4 Å². The Morgan fingerprint density at radius 2 is 2.22 bits per heavy atom.